The van der Waals surface area contributed by atoms with E-state index in [9.17, 15) is 0 Å². The first-order valence-corrected chi connectivity index (χ1v) is 7.21. The summed E-state index contributed by atoms with van der Waals surface area (Å²) in [5.74, 6) is 1.23. The molecule has 0 spiro atoms. The molecule has 0 unspecified atom stereocenters. The van der Waals surface area contributed by atoms with Gasteiger partial charge in [-0.2, -0.15) is 14.8 Å². The van der Waals surface area contributed by atoms with Gasteiger partial charge in [-0.05, 0) is 24.3 Å². The first kappa shape index (κ1) is 14.1. The number of nitrogens with zero attached hydrogens (tertiary/aromatic N) is 7. The topological polar surface area (TPSA) is 95.6 Å². The Labute approximate surface area is 136 Å². The maximum atomic E-state index is 5.17. The second kappa shape index (κ2) is 5.61. The van der Waals surface area contributed by atoms with Gasteiger partial charge in [0.2, 0.25) is 5.95 Å². The summed E-state index contributed by atoms with van der Waals surface area (Å²) in [5, 5.41) is 15.5. The maximum Gasteiger partial charge on any atom is 0.229 e. The van der Waals surface area contributed by atoms with Gasteiger partial charge in [0.1, 0.15) is 5.75 Å². The summed E-state index contributed by atoms with van der Waals surface area (Å²) >= 11 is 0. The van der Waals surface area contributed by atoms with Gasteiger partial charge in [0.15, 0.2) is 11.2 Å². The van der Waals surface area contributed by atoms with Crippen LogP contribution in [0, 0.1) is 0 Å². The maximum absolute atomic E-state index is 5.17. The molecule has 0 aliphatic heterocycles. The Morgan fingerprint density at radius 2 is 1.96 bits per heavy atom. The van der Waals surface area contributed by atoms with Crippen molar-refractivity contribution in [1.82, 2.24) is 34.7 Å². The molecule has 0 saturated carbocycles. The normalized spacial score (nSPS) is 10.9. The highest BCUT2D eigenvalue weighted by Crippen LogP contribution is 2.19. The van der Waals surface area contributed by atoms with Crippen LogP contribution in [-0.2, 0) is 7.05 Å². The van der Waals surface area contributed by atoms with Crippen molar-refractivity contribution in [3.05, 3.63) is 42.9 Å². The zero-order valence-corrected chi connectivity index (χ0v) is 13.1. The quantitative estimate of drug-likeness (QED) is 0.611. The number of methoxy groups -OCH3 is 1. The number of anilines is 2. The summed E-state index contributed by atoms with van der Waals surface area (Å²) in [5.41, 5.74) is 2.87. The highest BCUT2D eigenvalue weighted by atomic mass is 16.5. The number of hydrogen-bond acceptors (Lipinski definition) is 7. The van der Waals surface area contributed by atoms with E-state index in [0.717, 1.165) is 17.1 Å². The number of hydrogen-bond donors (Lipinski definition) is 1. The van der Waals surface area contributed by atoms with Crippen LogP contribution in [0.3, 0.4) is 0 Å². The third-order valence-electron chi connectivity index (χ3n) is 3.47. The fraction of sp³-hybridized carbons (Fsp3) is 0.133. The van der Waals surface area contributed by atoms with Crippen LogP contribution in [0.4, 0.5) is 11.6 Å². The lowest BCUT2D eigenvalue weighted by Crippen LogP contribution is -2.01. The molecule has 0 aliphatic rings. The molecule has 0 fully saturated rings. The molecule has 120 valence electrons. The SMILES string of the molecule is COc1ccc(-n2nnc3cnc(Nc4cnn(C)c4)nc32)cc1. The van der Waals surface area contributed by atoms with Crippen molar-refractivity contribution < 1.29 is 4.74 Å². The van der Waals surface area contributed by atoms with Crippen LogP contribution >= 0.6 is 0 Å². The standard InChI is InChI=1S/C15H14N8O/c1-22-9-10(7-17-22)18-15-16-8-13-14(19-15)23(21-20-13)11-3-5-12(24-2)6-4-11/h3-9H,1-2H3,(H,16,18,19). The second-order valence-electron chi connectivity index (χ2n) is 5.13. The van der Waals surface area contributed by atoms with Gasteiger partial charge >= 0.3 is 0 Å². The first-order chi connectivity index (χ1) is 11.7. The second-order valence-corrected chi connectivity index (χ2v) is 5.13. The molecule has 0 radical (unpaired) electrons. The van der Waals surface area contributed by atoms with Gasteiger partial charge < -0.3 is 10.1 Å². The van der Waals surface area contributed by atoms with Crippen molar-refractivity contribution >= 4 is 22.8 Å². The van der Waals surface area contributed by atoms with E-state index in [1.165, 1.54) is 0 Å². The Morgan fingerprint density at radius 1 is 1.12 bits per heavy atom. The summed E-state index contributed by atoms with van der Waals surface area (Å²) in [6.07, 6.45) is 5.17. The number of aryl methyl sites for hydroxylation is 1. The number of ether oxygens (including phenoxy) is 1. The lowest BCUT2D eigenvalue weighted by molar-refractivity contribution is 0.414. The fourth-order valence-electron chi connectivity index (χ4n) is 2.30. The van der Waals surface area contributed by atoms with Gasteiger partial charge in [0.25, 0.3) is 0 Å². The van der Waals surface area contributed by atoms with Crippen molar-refractivity contribution in [1.29, 1.82) is 0 Å². The van der Waals surface area contributed by atoms with Crippen molar-refractivity contribution in [2.45, 2.75) is 0 Å². The Morgan fingerprint density at radius 3 is 2.67 bits per heavy atom. The minimum atomic E-state index is 0.451. The van der Waals surface area contributed by atoms with E-state index >= 15 is 0 Å². The highest BCUT2D eigenvalue weighted by molar-refractivity contribution is 5.72. The average molecular weight is 322 g/mol. The number of benzene rings is 1. The van der Waals surface area contributed by atoms with Crippen LogP contribution in [-0.4, -0.2) is 41.9 Å². The largest absolute Gasteiger partial charge is 0.497 e. The number of fused-ring (bicyclic) bond motifs is 1. The van der Waals surface area contributed by atoms with Gasteiger partial charge in [0, 0.05) is 13.2 Å². The van der Waals surface area contributed by atoms with E-state index in [0.29, 0.717) is 17.1 Å². The molecule has 9 nitrogen and oxygen atoms in total. The molecule has 24 heavy (non-hydrogen) atoms. The van der Waals surface area contributed by atoms with E-state index in [1.807, 2.05) is 37.5 Å². The number of nitrogens with one attached hydrogen (secondary N) is 1. The van der Waals surface area contributed by atoms with Crippen molar-refractivity contribution in [2.75, 3.05) is 12.4 Å². The molecule has 0 aliphatic carbocycles. The summed E-state index contributed by atoms with van der Waals surface area (Å²) in [7, 11) is 3.47. The van der Waals surface area contributed by atoms with Crippen molar-refractivity contribution in [3.63, 3.8) is 0 Å². The van der Waals surface area contributed by atoms with Crippen LogP contribution in [0.1, 0.15) is 0 Å². The molecule has 1 N–H and O–H groups in total. The Balaban J connectivity index is 1.72. The highest BCUT2D eigenvalue weighted by Gasteiger charge is 2.10. The summed E-state index contributed by atoms with van der Waals surface area (Å²) < 4.78 is 8.53. The van der Waals surface area contributed by atoms with E-state index < -0.39 is 0 Å². The molecule has 3 heterocycles. The van der Waals surface area contributed by atoms with Crippen LogP contribution in [0.25, 0.3) is 16.9 Å². The molecule has 0 atom stereocenters. The van der Waals surface area contributed by atoms with Gasteiger partial charge in [-0.25, -0.2) is 4.98 Å². The molecule has 9 heteroatoms. The van der Waals surface area contributed by atoms with Gasteiger partial charge in [-0.15, -0.1) is 5.10 Å². The Bertz CT molecular complexity index is 988. The number of aromatic nitrogens is 7. The molecular weight excluding hydrogens is 308 g/mol. The molecule has 0 saturated heterocycles. The predicted molar refractivity (Wildman–Crippen MR) is 87.5 cm³/mol. The lowest BCUT2D eigenvalue weighted by Gasteiger charge is -2.05. The monoisotopic (exact) mass is 322 g/mol. The van der Waals surface area contributed by atoms with E-state index in [2.05, 4.69) is 30.7 Å². The molecule has 1 aromatic carbocycles. The minimum absolute atomic E-state index is 0.451. The van der Waals surface area contributed by atoms with Crippen LogP contribution in [0.5, 0.6) is 5.75 Å². The third kappa shape index (κ3) is 2.51. The van der Waals surface area contributed by atoms with Crippen LogP contribution in [0.2, 0.25) is 0 Å². The Kier molecular flexibility index (Phi) is 3.30. The molecule has 0 bridgehead atoms. The average Bonchev–Trinajstić information content (AvgIpc) is 3.21. The Hall–Kier alpha value is -3.49. The smallest absolute Gasteiger partial charge is 0.229 e. The van der Waals surface area contributed by atoms with Crippen molar-refractivity contribution in [2.24, 2.45) is 7.05 Å². The lowest BCUT2D eigenvalue weighted by atomic mass is 10.3. The zero-order chi connectivity index (χ0) is 16.5. The third-order valence-corrected chi connectivity index (χ3v) is 3.47. The minimum Gasteiger partial charge on any atom is -0.497 e. The molecule has 3 aromatic heterocycles. The number of rotatable bonds is 4. The fourth-order valence-corrected chi connectivity index (χ4v) is 2.30. The van der Waals surface area contributed by atoms with E-state index in [1.54, 1.807) is 28.9 Å². The molecule has 0 amide bonds. The van der Waals surface area contributed by atoms with E-state index in [-0.39, 0.29) is 0 Å². The van der Waals surface area contributed by atoms with Crippen LogP contribution < -0.4 is 10.1 Å². The summed E-state index contributed by atoms with van der Waals surface area (Å²) in [6, 6.07) is 7.50. The summed E-state index contributed by atoms with van der Waals surface area (Å²) in [4.78, 5) is 8.76. The van der Waals surface area contributed by atoms with Crippen LogP contribution in [0.15, 0.2) is 42.9 Å². The first-order valence-electron chi connectivity index (χ1n) is 7.21. The zero-order valence-electron chi connectivity index (χ0n) is 13.1. The summed E-state index contributed by atoms with van der Waals surface area (Å²) in [6.45, 7) is 0. The molecule has 4 aromatic rings. The van der Waals surface area contributed by atoms with Gasteiger partial charge in [0.05, 0.1) is 30.9 Å². The van der Waals surface area contributed by atoms with Crippen molar-refractivity contribution in [3.8, 4) is 11.4 Å². The predicted octanol–water partition coefficient (Wildman–Crippen LogP) is 1.70. The van der Waals surface area contributed by atoms with Gasteiger partial charge in [-0.3, -0.25) is 4.68 Å². The molecule has 4 rings (SSSR count). The molecular formula is C15H14N8O. The van der Waals surface area contributed by atoms with E-state index in [4.69, 9.17) is 4.74 Å². The van der Waals surface area contributed by atoms with Gasteiger partial charge in [-0.1, -0.05) is 5.21 Å².